The van der Waals surface area contributed by atoms with Gasteiger partial charge in [-0.3, -0.25) is 9.59 Å². The standard InChI is InChI=1S/C21H24N4O2S/c1-12-18(14(3)26)13(2)22-19(12)20(27)15(4)28-21-24-23-16(5)25(21)11-17-9-7-6-8-10-17/h6-10,15,22H,11H2,1-5H3/t15-/m1/s1. The number of benzene rings is 1. The third kappa shape index (κ3) is 3.94. The summed E-state index contributed by atoms with van der Waals surface area (Å²) in [5.41, 5.74) is 3.68. The number of aryl methyl sites for hydroxylation is 2. The number of thioether (sulfide) groups is 1. The normalized spacial score (nSPS) is 12.2. The highest BCUT2D eigenvalue weighted by Crippen LogP contribution is 2.28. The van der Waals surface area contributed by atoms with Crippen molar-refractivity contribution in [3.05, 3.63) is 64.2 Å². The highest BCUT2D eigenvalue weighted by atomic mass is 32.2. The molecule has 2 heterocycles. The van der Waals surface area contributed by atoms with Crippen molar-refractivity contribution in [1.29, 1.82) is 0 Å². The average Bonchev–Trinajstić information content (AvgIpc) is 3.15. The summed E-state index contributed by atoms with van der Waals surface area (Å²) in [6.07, 6.45) is 0. The quantitative estimate of drug-likeness (QED) is 0.479. The van der Waals surface area contributed by atoms with Gasteiger partial charge in [0.15, 0.2) is 16.7 Å². The van der Waals surface area contributed by atoms with Crippen LogP contribution in [0.2, 0.25) is 0 Å². The molecule has 1 atom stereocenters. The molecular weight excluding hydrogens is 372 g/mol. The number of H-pyrrole nitrogens is 1. The Bertz CT molecular complexity index is 1020. The van der Waals surface area contributed by atoms with Crippen molar-refractivity contribution in [3.8, 4) is 0 Å². The number of aromatic nitrogens is 4. The number of rotatable bonds is 7. The smallest absolute Gasteiger partial charge is 0.192 e. The Balaban J connectivity index is 1.82. The van der Waals surface area contributed by atoms with Crippen LogP contribution in [0.25, 0.3) is 0 Å². The number of nitrogens with zero attached hydrogens (tertiary/aromatic N) is 3. The van der Waals surface area contributed by atoms with Gasteiger partial charge >= 0.3 is 0 Å². The molecule has 7 heteroatoms. The van der Waals surface area contributed by atoms with Gasteiger partial charge in [-0.15, -0.1) is 10.2 Å². The largest absolute Gasteiger partial charge is 0.355 e. The summed E-state index contributed by atoms with van der Waals surface area (Å²) >= 11 is 1.38. The Labute approximate surface area is 168 Å². The number of ketones is 2. The molecule has 28 heavy (non-hydrogen) atoms. The molecule has 0 spiro atoms. The first-order chi connectivity index (χ1) is 13.3. The number of nitrogens with one attached hydrogen (secondary N) is 1. The van der Waals surface area contributed by atoms with Gasteiger partial charge in [0, 0.05) is 11.3 Å². The van der Waals surface area contributed by atoms with Crippen molar-refractivity contribution in [2.24, 2.45) is 0 Å². The summed E-state index contributed by atoms with van der Waals surface area (Å²) in [6, 6.07) is 10.1. The fourth-order valence-corrected chi connectivity index (χ4v) is 4.29. The number of hydrogen-bond acceptors (Lipinski definition) is 5. The molecule has 0 radical (unpaired) electrons. The monoisotopic (exact) mass is 396 g/mol. The van der Waals surface area contributed by atoms with E-state index in [-0.39, 0.29) is 16.8 Å². The van der Waals surface area contributed by atoms with E-state index in [0.29, 0.717) is 28.5 Å². The fraction of sp³-hybridized carbons (Fsp3) is 0.333. The van der Waals surface area contributed by atoms with Gasteiger partial charge in [-0.1, -0.05) is 42.1 Å². The maximum absolute atomic E-state index is 13.0. The molecule has 1 aromatic carbocycles. The summed E-state index contributed by atoms with van der Waals surface area (Å²) in [7, 11) is 0. The first kappa shape index (κ1) is 20.1. The molecule has 3 rings (SSSR count). The number of aromatic amines is 1. The van der Waals surface area contributed by atoms with E-state index < -0.39 is 0 Å². The van der Waals surface area contributed by atoms with Gasteiger partial charge in [0.25, 0.3) is 0 Å². The molecule has 1 N–H and O–H groups in total. The zero-order chi connectivity index (χ0) is 20.4. The van der Waals surface area contributed by atoms with E-state index in [0.717, 1.165) is 17.1 Å². The van der Waals surface area contributed by atoms with Crippen LogP contribution in [-0.2, 0) is 6.54 Å². The highest BCUT2D eigenvalue weighted by molar-refractivity contribution is 8.00. The van der Waals surface area contributed by atoms with E-state index in [4.69, 9.17) is 0 Å². The van der Waals surface area contributed by atoms with E-state index in [1.165, 1.54) is 18.7 Å². The van der Waals surface area contributed by atoms with Crippen LogP contribution in [0, 0.1) is 20.8 Å². The summed E-state index contributed by atoms with van der Waals surface area (Å²) in [4.78, 5) is 28.0. The second-order valence-electron chi connectivity index (χ2n) is 6.91. The lowest BCUT2D eigenvalue weighted by Crippen LogP contribution is -2.16. The maximum atomic E-state index is 13.0. The zero-order valence-electron chi connectivity index (χ0n) is 16.7. The second-order valence-corrected chi connectivity index (χ2v) is 8.22. The van der Waals surface area contributed by atoms with Crippen molar-refractivity contribution >= 4 is 23.3 Å². The van der Waals surface area contributed by atoms with Crippen LogP contribution in [0.5, 0.6) is 0 Å². The van der Waals surface area contributed by atoms with Gasteiger partial charge in [0.2, 0.25) is 0 Å². The molecule has 0 saturated heterocycles. The minimum Gasteiger partial charge on any atom is -0.355 e. The average molecular weight is 397 g/mol. The molecule has 6 nitrogen and oxygen atoms in total. The van der Waals surface area contributed by atoms with Crippen molar-refractivity contribution in [3.63, 3.8) is 0 Å². The SMILES string of the molecule is CC(=O)c1c(C)[nH]c(C(=O)[C@@H](C)Sc2nnc(C)n2Cc2ccccc2)c1C. The van der Waals surface area contributed by atoms with Crippen LogP contribution in [0.1, 0.15) is 57.3 Å². The van der Waals surface area contributed by atoms with Crippen LogP contribution in [0.15, 0.2) is 35.5 Å². The maximum Gasteiger partial charge on any atom is 0.192 e. The molecule has 0 aliphatic carbocycles. The van der Waals surface area contributed by atoms with Crippen LogP contribution in [-0.4, -0.2) is 36.6 Å². The zero-order valence-corrected chi connectivity index (χ0v) is 17.6. The molecule has 2 aromatic heterocycles. The molecular formula is C21H24N4O2S. The Morgan fingerprint density at radius 1 is 1.14 bits per heavy atom. The van der Waals surface area contributed by atoms with E-state index in [9.17, 15) is 9.59 Å². The Kier molecular flexibility index (Phi) is 5.84. The van der Waals surface area contributed by atoms with Crippen LogP contribution in [0.4, 0.5) is 0 Å². The fourth-order valence-electron chi connectivity index (χ4n) is 3.34. The van der Waals surface area contributed by atoms with Gasteiger partial charge in [-0.2, -0.15) is 0 Å². The number of Topliss-reactive ketones (excluding diaryl/α,β-unsaturated/α-hetero) is 2. The van der Waals surface area contributed by atoms with Crippen molar-refractivity contribution in [2.45, 2.75) is 51.6 Å². The van der Waals surface area contributed by atoms with E-state index in [2.05, 4.69) is 27.3 Å². The molecule has 0 amide bonds. The molecule has 146 valence electrons. The van der Waals surface area contributed by atoms with Crippen molar-refractivity contribution in [2.75, 3.05) is 0 Å². The summed E-state index contributed by atoms with van der Waals surface area (Å²) in [6.45, 7) is 9.56. The van der Waals surface area contributed by atoms with Gasteiger partial charge in [-0.25, -0.2) is 0 Å². The predicted octanol–water partition coefficient (Wildman–Crippen LogP) is 4.15. The first-order valence-corrected chi connectivity index (χ1v) is 10.0. The third-order valence-corrected chi connectivity index (χ3v) is 5.85. The van der Waals surface area contributed by atoms with Crippen LogP contribution >= 0.6 is 11.8 Å². The number of carbonyl (C=O) groups excluding carboxylic acids is 2. The van der Waals surface area contributed by atoms with Crippen molar-refractivity contribution in [1.82, 2.24) is 19.7 Å². The van der Waals surface area contributed by atoms with Crippen LogP contribution < -0.4 is 0 Å². The molecule has 3 aromatic rings. The Morgan fingerprint density at radius 2 is 1.82 bits per heavy atom. The summed E-state index contributed by atoms with van der Waals surface area (Å²) in [5, 5.41) is 8.78. The van der Waals surface area contributed by atoms with Gasteiger partial charge < -0.3 is 9.55 Å². The second kappa shape index (κ2) is 8.14. The molecule has 0 bridgehead atoms. The third-order valence-electron chi connectivity index (χ3n) is 4.77. The molecule has 0 unspecified atom stereocenters. The first-order valence-electron chi connectivity index (χ1n) is 9.14. The lowest BCUT2D eigenvalue weighted by molar-refractivity contribution is 0.0988. The van der Waals surface area contributed by atoms with E-state index in [1.54, 1.807) is 0 Å². The topological polar surface area (TPSA) is 80.6 Å². The van der Waals surface area contributed by atoms with Crippen LogP contribution in [0.3, 0.4) is 0 Å². The predicted molar refractivity (Wildman–Crippen MR) is 110 cm³/mol. The molecule has 0 saturated carbocycles. The highest BCUT2D eigenvalue weighted by Gasteiger charge is 2.26. The van der Waals surface area contributed by atoms with E-state index in [1.807, 2.05) is 50.5 Å². The number of carbonyl (C=O) groups is 2. The Morgan fingerprint density at radius 3 is 2.43 bits per heavy atom. The summed E-state index contributed by atoms with van der Waals surface area (Å²) in [5.74, 6) is 0.714. The van der Waals surface area contributed by atoms with Gasteiger partial charge in [0.05, 0.1) is 17.5 Å². The van der Waals surface area contributed by atoms with Crippen molar-refractivity contribution < 1.29 is 9.59 Å². The minimum atomic E-state index is -0.366. The van der Waals surface area contributed by atoms with Gasteiger partial charge in [0.1, 0.15) is 5.82 Å². The van der Waals surface area contributed by atoms with Gasteiger partial charge in [-0.05, 0) is 45.7 Å². The Hall–Kier alpha value is -2.67. The van der Waals surface area contributed by atoms with E-state index >= 15 is 0 Å². The summed E-state index contributed by atoms with van der Waals surface area (Å²) < 4.78 is 2.01. The number of hydrogen-bond donors (Lipinski definition) is 1. The lowest BCUT2D eigenvalue weighted by Gasteiger charge is -2.12. The lowest BCUT2D eigenvalue weighted by atomic mass is 10.0. The molecule has 0 aliphatic rings. The molecule has 0 aliphatic heterocycles. The molecule has 0 fully saturated rings. The minimum absolute atomic E-state index is 0.0381.